The number of aliphatic hydroxyl groups excluding tert-OH is 1. The number of hydrogen-bond acceptors (Lipinski definition) is 4. The normalized spacial score (nSPS) is 11.7. The molecule has 0 aliphatic heterocycles. The van der Waals surface area contributed by atoms with E-state index >= 15 is 0 Å². The van der Waals surface area contributed by atoms with Gasteiger partial charge in [-0.15, -0.1) is 0 Å². The van der Waals surface area contributed by atoms with Crippen molar-refractivity contribution in [2.24, 2.45) is 5.73 Å². The summed E-state index contributed by atoms with van der Waals surface area (Å²) in [4.78, 5) is 22.4. The van der Waals surface area contributed by atoms with Crippen molar-refractivity contribution < 1.29 is 14.7 Å². The Balaban J connectivity index is 2.60. The van der Waals surface area contributed by atoms with Crippen molar-refractivity contribution in [1.29, 1.82) is 0 Å². The molecule has 0 aliphatic rings. The number of hydrogen-bond donors (Lipinski definition) is 4. The Labute approximate surface area is 112 Å². The summed E-state index contributed by atoms with van der Waals surface area (Å²) in [5.74, 6) is -0.280. The van der Waals surface area contributed by atoms with Crippen molar-refractivity contribution in [2.75, 3.05) is 11.9 Å². The lowest BCUT2D eigenvalue weighted by Gasteiger charge is -2.15. The molecule has 6 heteroatoms. The Hall–Kier alpha value is -1.92. The average Bonchev–Trinajstić information content (AvgIpc) is 2.44. The number of carbonyl (C=O) groups is 2. The molecule has 0 aliphatic carbocycles. The molecule has 19 heavy (non-hydrogen) atoms. The van der Waals surface area contributed by atoms with Gasteiger partial charge in [-0.2, -0.15) is 0 Å². The number of benzene rings is 1. The number of anilines is 1. The molecule has 2 amide bonds. The Morgan fingerprint density at radius 3 is 2.58 bits per heavy atom. The zero-order chi connectivity index (χ0) is 14.1. The van der Waals surface area contributed by atoms with Crippen LogP contribution in [0, 0.1) is 0 Å². The van der Waals surface area contributed by atoms with Crippen molar-refractivity contribution in [3.8, 4) is 0 Å². The molecule has 0 saturated heterocycles. The standard InChI is InChI=1S/C13H19N3O3/c14-7-1-2-12(15-9-18)13(19)16-11-5-3-10(8-17)4-6-11/h3-6,9,12,17H,1-2,7-8,14H2,(H,15,18)(H,16,19). The first kappa shape index (κ1) is 15.1. The van der Waals surface area contributed by atoms with Gasteiger partial charge in [0.2, 0.25) is 12.3 Å². The van der Waals surface area contributed by atoms with Gasteiger partial charge in [0, 0.05) is 5.69 Å². The van der Waals surface area contributed by atoms with E-state index in [2.05, 4.69) is 10.6 Å². The zero-order valence-electron chi connectivity index (χ0n) is 10.6. The summed E-state index contributed by atoms with van der Waals surface area (Å²) in [6.07, 6.45) is 1.66. The predicted octanol–water partition coefficient (Wildman–Crippen LogP) is -0.0291. The molecule has 6 nitrogen and oxygen atoms in total. The van der Waals surface area contributed by atoms with Crippen molar-refractivity contribution in [3.63, 3.8) is 0 Å². The van der Waals surface area contributed by atoms with Crippen LogP contribution in [0.2, 0.25) is 0 Å². The molecule has 5 N–H and O–H groups in total. The lowest BCUT2D eigenvalue weighted by atomic mass is 10.1. The molecule has 1 aromatic rings. The molecule has 0 heterocycles. The van der Waals surface area contributed by atoms with Crippen molar-refractivity contribution in [1.82, 2.24) is 5.32 Å². The maximum absolute atomic E-state index is 11.9. The molecule has 0 bridgehead atoms. The van der Waals surface area contributed by atoms with Gasteiger partial charge in [-0.3, -0.25) is 9.59 Å². The lowest BCUT2D eigenvalue weighted by Crippen LogP contribution is -2.40. The SMILES string of the molecule is NCCCC(NC=O)C(=O)Nc1ccc(CO)cc1. The second-order valence-corrected chi connectivity index (χ2v) is 4.11. The fraction of sp³-hybridized carbons (Fsp3) is 0.385. The van der Waals surface area contributed by atoms with Crippen molar-refractivity contribution >= 4 is 18.0 Å². The summed E-state index contributed by atoms with van der Waals surface area (Å²) >= 11 is 0. The summed E-state index contributed by atoms with van der Waals surface area (Å²) < 4.78 is 0. The number of aliphatic hydroxyl groups is 1. The third-order valence-corrected chi connectivity index (χ3v) is 2.69. The molecular weight excluding hydrogens is 246 g/mol. The monoisotopic (exact) mass is 265 g/mol. The highest BCUT2D eigenvalue weighted by molar-refractivity contribution is 5.95. The van der Waals surface area contributed by atoms with Gasteiger partial charge in [0.15, 0.2) is 0 Å². The molecular formula is C13H19N3O3. The van der Waals surface area contributed by atoms with E-state index in [0.717, 1.165) is 5.56 Å². The van der Waals surface area contributed by atoms with Crippen molar-refractivity contribution in [3.05, 3.63) is 29.8 Å². The first-order valence-electron chi connectivity index (χ1n) is 6.11. The fourth-order valence-corrected chi connectivity index (χ4v) is 1.62. The van der Waals surface area contributed by atoms with Crippen molar-refractivity contribution in [2.45, 2.75) is 25.5 Å². The lowest BCUT2D eigenvalue weighted by molar-refractivity contribution is -0.121. The van der Waals surface area contributed by atoms with Crippen LogP contribution in [0.15, 0.2) is 24.3 Å². The summed E-state index contributed by atoms with van der Waals surface area (Å²) in [6, 6.07) is 6.25. The minimum Gasteiger partial charge on any atom is -0.392 e. The summed E-state index contributed by atoms with van der Waals surface area (Å²) in [5, 5.41) is 14.1. The van der Waals surface area contributed by atoms with Gasteiger partial charge in [0.1, 0.15) is 6.04 Å². The van der Waals surface area contributed by atoms with E-state index in [1.807, 2.05) is 0 Å². The molecule has 0 saturated carbocycles. The molecule has 1 unspecified atom stereocenters. The highest BCUT2D eigenvalue weighted by atomic mass is 16.3. The first-order chi connectivity index (χ1) is 9.21. The van der Waals surface area contributed by atoms with Crippen LogP contribution < -0.4 is 16.4 Å². The number of rotatable bonds is 8. The maximum Gasteiger partial charge on any atom is 0.246 e. The quantitative estimate of drug-likeness (QED) is 0.495. The van der Waals surface area contributed by atoms with Gasteiger partial charge in [0.25, 0.3) is 0 Å². The largest absolute Gasteiger partial charge is 0.392 e. The summed E-state index contributed by atoms with van der Waals surface area (Å²) in [5.41, 5.74) is 6.77. The highest BCUT2D eigenvalue weighted by Gasteiger charge is 2.16. The van der Waals surface area contributed by atoms with Gasteiger partial charge < -0.3 is 21.5 Å². The Morgan fingerprint density at radius 2 is 2.05 bits per heavy atom. The number of nitrogens with two attached hydrogens (primary N) is 1. The van der Waals surface area contributed by atoms with Crippen LogP contribution in [0.5, 0.6) is 0 Å². The van der Waals surface area contributed by atoms with Crippen LogP contribution in [-0.2, 0) is 16.2 Å². The summed E-state index contributed by atoms with van der Waals surface area (Å²) in [7, 11) is 0. The van der Waals surface area contributed by atoms with Crippen LogP contribution in [0.4, 0.5) is 5.69 Å². The number of nitrogens with one attached hydrogen (secondary N) is 2. The van der Waals surface area contributed by atoms with Gasteiger partial charge in [0.05, 0.1) is 6.61 Å². The molecule has 0 radical (unpaired) electrons. The fourth-order valence-electron chi connectivity index (χ4n) is 1.62. The van der Waals surface area contributed by atoms with E-state index in [9.17, 15) is 9.59 Å². The van der Waals surface area contributed by atoms with E-state index in [1.165, 1.54) is 0 Å². The molecule has 0 spiro atoms. The minimum atomic E-state index is -0.585. The van der Waals surface area contributed by atoms with Gasteiger partial charge >= 0.3 is 0 Å². The van der Waals surface area contributed by atoms with Crippen LogP contribution in [-0.4, -0.2) is 30.0 Å². The van der Waals surface area contributed by atoms with Crippen LogP contribution in [0.3, 0.4) is 0 Å². The highest BCUT2D eigenvalue weighted by Crippen LogP contribution is 2.10. The molecule has 0 aromatic heterocycles. The minimum absolute atomic E-state index is 0.0416. The average molecular weight is 265 g/mol. The van der Waals surface area contributed by atoms with Crippen LogP contribution in [0.25, 0.3) is 0 Å². The van der Waals surface area contributed by atoms with Gasteiger partial charge in [-0.1, -0.05) is 12.1 Å². The zero-order valence-corrected chi connectivity index (χ0v) is 10.6. The van der Waals surface area contributed by atoms with E-state index in [1.54, 1.807) is 24.3 Å². The third-order valence-electron chi connectivity index (χ3n) is 2.69. The second kappa shape index (κ2) is 8.23. The number of carbonyl (C=O) groups excluding carboxylic acids is 2. The first-order valence-corrected chi connectivity index (χ1v) is 6.11. The molecule has 104 valence electrons. The van der Waals surface area contributed by atoms with Crippen LogP contribution >= 0.6 is 0 Å². The molecule has 1 aromatic carbocycles. The second-order valence-electron chi connectivity index (χ2n) is 4.11. The molecule has 1 rings (SSSR count). The smallest absolute Gasteiger partial charge is 0.246 e. The predicted molar refractivity (Wildman–Crippen MR) is 72.3 cm³/mol. The number of amides is 2. The van der Waals surface area contributed by atoms with E-state index in [-0.39, 0.29) is 12.5 Å². The van der Waals surface area contributed by atoms with Crippen LogP contribution in [0.1, 0.15) is 18.4 Å². The summed E-state index contributed by atoms with van der Waals surface area (Å²) in [6.45, 7) is 0.426. The Morgan fingerprint density at radius 1 is 1.37 bits per heavy atom. The van der Waals surface area contributed by atoms with E-state index in [4.69, 9.17) is 10.8 Å². The van der Waals surface area contributed by atoms with Gasteiger partial charge in [-0.25, -0.2) is 0 Å². The molecule has 1 atom stereocenters. The topological polar surface area (TPSA) is 104 Å². The van der Waals surface area contributed by atoms with E-state index < -0.39 is 6.04 Å². The van der Waals surface area contributed by atoms with E-state index in [0.29, 0.717) is 31.5 Å². The Bertz CT molecular complexity index is 406. The third kappa shape index (κ3) is 5.07. The Kier molecular flexibility index (Phi) is 6.56. The molecule has 0 fully saturated rings. The van der Waals surface area contributed by atoms with Gasteiger partial charge in [-0.05, 0) is 37.1 Å². The maximum atomic E-state index is 11.9.